The number of pyridine rings is 2. The molecule has 6 nitrogen and oxygen atoms in total. The monoisotopic (exact) mass is 317 g/mol. The summed E-state index contributed by atoms with van der Waals surface area (Å²) in [5.74, 6) is 0. The second-order valence-electron chi connectivity index (χ2n) is 6.18. The fourth-order valence-electron chi connectivity index (χ4n) is 2.30. The van der Waals surface area contributed by atoms with E-state index in [1.807, 2.05) is 46.8 Å². The quantitative estimate of drug-likeness (QED) is 0.920. The van der Waals surface area contributed by atoms with E-state index >= 15 is 0 Å². The van der Waals surface area contributed by atoms with Crippen LogP contribution in [0.15, 0.2) is 24.5 Å². The summed E-state index contributed by atoms with van der Waals surface area (Å²) in [6.07, 6.45) is 2.55. The van der Waals surface area contributed by atoms with E-state index in [-0.39, 0.29) is 6.10 Å². The molecule has 0 saturated carbocycles. The van der Waals surface area contributed by atoms with Gasteiger partial charge in [-0.2, -0.15) is 0 Å². The second kappa shape index (κ2) is 6.91. The molecule has 1 atom stereocenters. The minimum atomic E-state index is -0.571. The van der Waals surface area contributed by atoms with Crippen LogP contribution in [0, 0.1) is 0 Å². The normalized spacial score (nSPS) is 12.9. The van der Waals surface area contributed by atoms with Crippen molar-refractivity contribution >= 4 is 22.8 Å². The Hall–Kier alpha value is -2.21. The van der Waals surface area contributed by atoms with Crippen LogP contribution in [0.1, 0.15) is 46.3 Å². The van der Waals surface area contributed by atoms with Crippen LogP contribution in [-0.4, -0.2) is 28.3 Å². The summed E-state index contributed by atoms with van der Waals surface area (Å²) in [6.45, 7) is 9.86. The lowest BCUT2D eigenvalue weighted by Crippen LogP contribution is -2.27. The Morgan fingerprint density at radius 2 is 2.09 bits per heavy atom. The first-order chi connectivity index (χ1) is 10.8. The molecular weight excluding hydrogens is 294 g/mol. The fraction of sp³-hybridized carbons (Fsp3) is 0.471. The predicted octanol–water partition coefficient (Wildman–Crippen LogP) is 4.07. The largest absolute Gasteiger partial charge is 0.444 e. The molecule has 1 unspecified atom stereocenters. The maximum absolute atomic E-state index is 12.1. The molecule has 6 heteroatoms. The summed E-state index contributed by atoms with van der Waals surface area (Å²) in [4.78, 5) is 20.8. The number of carbonyl (C=O) groups excluding carboxylic acids is 1. The number of anilines is 1. The molecule has 0 aromatic carbocycles. The molecule has 23 heavy (non-hydrogen) atoms. The number of nitrogens with one attached hydrogen (secondary N) is 1. The van der Waals surface area contributed by atoms with Crippen molar-refractivity contribution in [1.82, 2.24) is 9.97 Å². The zero-order valence-electron chi connectivity index (χ0n) is 14.2. The zero-order chi connectivity index (χ0) is 17.0. The van der Waals surface area contributed by atoms with Crippen LogP contribution in [0.4, 0.5) is 10.5 Å². The van der Waals surface area contributed by atoms with Crippen LogP contribution in [-0.2, 0) is 9.47 Å². The Bertz CT molecular complexity index is 695. The molecule has 0 aliphatic heterocycles. The van der Waals surface area contributed by atoms with Gasteiger partial charge in [0.25, 0.3) is 0 Å². The van der Waals surface area contributed by atoms with Crippen molar-refractivity contribution < 1.29 is 14.3 Å². The summed E-state index contributed by atoms with van der Waals surface area (Å²) in [5, 5.41) is 2.75. The van der Waals surface area contributed by atoms with Crippen molar-refractivity contribution in [2.75, 3.05) is 11.9 Å². The van der Waals surface area contributed by atoms with E-state index in [9.17, 15) is 4.79 Å². The van der Waals surface area contributed by atoms with Gasteiger partial charge in [0, 0.05) is 18.4 Å². The molecule has 2 heterocycles. The third-order valence-corrected chi connectivity index (χ3v) is 3.12. The number of fused-ring (bicyclic) bond motifs is 1. The molecule has 0 fully saturated rings. The first kappa shape index (κ1) is 17.1. The number of nitrogens with zero attached hydrogens (tertiary/aromatic N) is 2. The van der Waals surface area contributed by atoms with Gasteiger partial charge in [0.15, 0.2) is 0 Å². The Kier molecular flexibility index (Phi) is 5.15. The average Bonchev–Trinajstić information content (AvgIpc) is 2.45. The van der Waals surface area contributed by atoms with E-state index in [1.165, 1.54) is 0 Å². The van der Waals surface area contributed by atoms with Crippen molar-refractivity contribution in [1.29, 1.82) is 0 Å². The maximum Gasteiger partial charge on any atom is 0.412 e. The van der Waals surface area contributed by atoms with E-state index in [2.05, 4.69) is 15.3 Å². The fourth-order valence-corrected chi connectivity index (χ4v) is 2.30. The van der Waals surface area contributed by atoms with Crippen molar-refractivity contribution in [2.45, 2.75) is 46.3 Å². The minimum Gasteiger partial charge on any atom is -0.444 e. The Morgan fingerprint density at radius 3 is 2.74 bits per heavy atom. The van der Waals surface area contributed by atoms with Crippen molar-refractivity contribution in [2.24, 2.45) is 0 Å². The summed E-state index contributed by atoms with van der Waals surface area (Å²) in [5.41, 5.74) is 2.23. The molecule has 0 aliphatic rings. The average molecular weight is 317 g/mol. The number of rotatable bonds is 4. The van der Waals surface area contributed by atoms with Gasteiger partial charge in [0.1, 0.15) is 5.60 Å². The zero-order valence-corrected chi connectivity index (χ0v) is 14.2. The summed E-state index contributed by atoms with van der Waals surface area (Å²) in [7, 11) is 0. The summed E-state index contributed by atoms with van der Waals surface area (Å²) >= 11 is 0. The highest BCUT2D eigenvalue weighted by Crippen LogP contribution is 2.31. The highest BCUT2D eigenvalue weighted by Gasteiger charge is 2.21. The van der Waals surface area contributed by atoms with Crippen LogP contribution in [0.2, 0.25) is 0 Å². The number of hydrogen-bond acceptors (Lipinski definition) is 5. The molecular formula is C17H23N3O3. The number of carbonyl (C=O) groups is 1. The highest BCUT2D eigenvalue weighted by molar-refractivity contribution is 5.91. The molecule has 124 valence electrons. The first-order valence-corrected chi connectivity index (χ1v) is 7.67. The SMILES string of the molecule is CCOC(C)c1c(NC(=O)OC(C)(C)C)cnc2cccnc12. The van der Waals surface area contributed by atoms with Crippen LogP contribution >= 0.6 is 0 Å². The van der Waals surface area contributed by atoms with Gasteiger partial charge in [0.05, 0.1) is 29.0 Å². The van der Waals surface area contributed by atoms with Gasteiger partial charge in [-0.25, -0.2) is 4.79 Å². The lowest BCUT2D eigenvalue weighted by atomic mass is 10.1. The van der Waals surface area contributed by atoms with E-state index in [0.717, 1.165) is 11.1 Å². The molecule has 0 aliphatic carbocycles. The molecule has 0 bridgehead atoms. The van der Waals surface area contributed by atoms with E-state index in [4.69, 9.17) is 9.47 Å². The molecule has 0 saturated heterocycles. The molecule has 1 N–H and O–H groups in total. The standard InChI is InChI=1S/C17H23N3O3/c1-6-22-11(2)14-13(20-16(21)23-17(3,4)5)10-19-12-8-7-9-18-15(12)14/h7-11H,6H2,1-5H3,(H,20,21). The van der Waals surface area contributed by atoms with Gasteiger partial charge in [-0.05, 0) is 46.8 Å². The van der Waals surface area contributed by atoms with E-state index in [1.54, 1.807) is 12.4 Å². The van der Waals surface area contributed by atoms with Gasteiger partial charge < -0.3 is 9.47 Å². The maximum atomic E-state index is 12.1. The number of hydrogen-bond donors (Lipinski definition) is 1. The molecule has 0 radical (unpaired) electrons. The van der Waals surface area contributed by atoms with Crippen LogP contribution in [0.3, 0.4) is 0 Å². The van der Waals surface area contributed by atoms with Crippen molar-refractivity contribution in [3.63, 3.8) is 0 Å². The highest BCUT2D eigenvalue weighted by atomic mass is 16.6. The van der Waals surface area contributed by atoms with Crippen LogP contribution < -0.4 is 5.32 Å². The lowest BCUT2D eigenvalue weighted by Gasteiger charge is -2.22. The Balaban J connectivity index is 2.42. The van der Waals surface area contributed by atoms with E-state index in [0.29, 0.717) is 17.8 Å². The van der Waals surface area contributed by atoms with Crippen molar-refractivity contribution in [3.05, 3.63) is 30.1 Å². The number of amides is 1. The summed E-state index contributed by atoms with van der Waals surface area (Å²) in [6, 6.07) is 3.70. The van der Waals surface area contributed by atoms with Gasteiger partial charge in [-0.15, -0.1) is 0 Å². The first-order valence-electron chi connectivity index (χ1n) is 7.67. The molecule has 1 amide bonds. The predicted molar refractivity (Wildman–Crippen MR) is 89.4 cm³/mol. The van der Waals surface area contributed by atoms with Crippen LogP contribution in [0.5, 0.6) is 0 Å². The lowest BCUT2D eigenvalue weighted by molar-refractivity contribution is 0.0633. The Labute approximate surface area is 136 Å². The van der Waals surface area contributed by atoms with Crippen molar-refractivity contribution in [3.8, 4) is 0 Å². The van der Waals surface area contributed by atoms with Gasteiger partial charge in [0.2, 0.25) is 0 Å². The molecule has 2 rings (SSSR count). The second-order valence-corrected chi connectivity index (χ2v) is 6.18. The third kappa shape index (κ3) is 4.39. The van der Waals surface area contributed by atoms with Gasteiger partial charge in [-0.1, -0.05) is 0 Å². The smallest absolute Gasteiger partial charge is 0.412 e. The van der Waals surface area contributed by atoms with Crippen LogP contribution in [0.25, 0.3) is 11.0 Å². The van der Waals surface area contributed by atoms with Gasteiger partial charge in [-0.3, -0.25) is 15.3 Å². The number of aromatic nitrogens is 2. The van der Waals surface area contributed by atoms with E-state index < -0.39 is 11.7 Å². The molecule has 0 spiro atoms. The van der Waals surface area contributed by atoms with Gasteiger partial charge >= 0.3 is 6.09 Å². The molecule has 2 aromatic heterocycles. The summed E-state index contributed by atoms with van der Waals surface area (Å²) < 4.78 is 11.0. The third-order valence-electron chi connectivity index (χ3n) is 3.12. The Morgan fingerprint density at radius 1 is 1.35 bits per heavy atom. The minimum absolute atomic E-state index is 0.231. The number of ether oxygens (including phenoxy) is 2. The topological polar surface area (TPSA) is 73.3 Å². The molecule has 2 aromatic rings.